The molecule has 0 aromatic carbocycles. The molecule has 256 valence electrons. The van der Waals surface area contributed by atoms with Gasteiger partial charge in [-0.25, -0.2) is 9.59 Å². The topological polar surface area (TPSA) is 84.9 Å². The number of aromatic nitrogens is 2. The number of carbonyl (C=O) groups is 2. The van der Waals surface area contributed by atoms with Crippen molar-refractivity contribution >= 4 is 12.2 Å². The zero-order valence-electron chi connectivity index (χ0n) is 28.7. The van der Waals surface area contributed by atoms with E-state index in [0.717, 1.165) is 46.5 Å². The van der Waals surface area contributed by atoms with Crippen LogP contribution in [0, 0.1) is 0 Å². The van der Waals surface area contributed by atoms with Gasteiger partial charge in [-0.1, -0.05) is 32.1 Å². The van der Waals surface area contributed by atoms with E-state index >= 15 is 0 Å². The van der Waals surface area contributed by atoms with Crippen LogP contribution in [-0.2, 0) is 13.1 Å². The van der Waals surface area contributed by atoms with E-state index in [4.69, 9.17) is 9.47 Å². The van der Waals surface area contributed by atoms with E-state index in [2.05, 4.69) is 38.2 Å². The Morgan fingerprint density at radius 2 is 0.911 bits per heavy atom. The second-order valence-corrected chi connectivity index (χ2v) is 13.2. The van der Waals surface area contributed by atoms with Crippen LogP contribution in [0.1, 0.15) is 69.2 Å². The van der Waals surface area contributed by atoms with Gasteiger partial charge < -0.3 is 62.2 Å². The van der Waals surface area contributed by atoms with Gasteiger partial charge in [0.05, 0.1) is 41.3 Å². The summed E-state index contributed by atoms with van der Waals surface area (Å²) in [5.74, 6) is 1.08. The molecular weight excluding hydrogens is 704 g/mol. The highest BCUT2D eigenvalue weighted by atomic mass is 79.9. The predicted octanol–water partition coefficient (Wildman–Crippen LogP) is -0.0307. The summed E-state index contributed by atoms with van der Waals surface area (Å²) in [6, 6.07) is 7.23. The van der Waals surface area contributed by atoms with E-state index in [1.54, 1.807) is 52.7 Å². The highest BCUT2D eigenvalue weighted by Gasteiger charge is 2.22. The molecule has 0 bridgehead atoms. The number of nitrogens with zero attached hydrogens (tertiary/aromatic N) is 6. The maximum Gasteiger partial charge on any atom is 0.414 e. The standard InChI is InChI=1S/C33H56N6O4.2BrH/c1-36(2)32(40)42-30-20-18-22-34-28(30)26-38(5,6)24-16-14-12-10-9-11-13-15-17-25-39(7,8)27-29-31(21-19-23-35-29)43-33(41)37(3)4;;/h18-23H,9-17,24-27H2,1-8H3;2*1H/q+2;;/p-2. The third-order valence-electron chi connectivity index (χ3n) is 7.50. The van der Waals surface area contributed by atoms with Gasteiger partial charge in [-0.15, -0.1) is 0 Å². The quantitative estimate of drug-likeness (QED) is 0.157. The normalized spacial score (nSPS) is 11.2. The Hall–Kier alpha value is -2.28. The molecule has 0 saturated heterocycles. The molecule has 0 N–H and O–H groups in total. The van der Waals surface area contributed by atoms with Crippen LogP contribution in [0.4, 0.5) is 9.59 Å². The third-order valence-corrected chi connectivity index (χ3v) is 7.50. The molecule has 2 aromatic rings. The van der Waals surface area contributed by atoms with Gasteiger partial charge in [0, 0.05) is 40.6 Å². The van der Waals surface area contributed by atoms with Crippen molar-refractivity contribution in [3.8, 4) is 11.5 Å². The number of carbonyl (C=O) groups excluding carboxylic acids is 2. The molecule has 2 amide bonds. The van der Waals surface area contributed by atoms with E-state index in [-0.39, 0.29) is 46.1 Å². The molecule has 0 aliphatic rings. The Kier molecular flexibility index (Phi) is 20.4. The van der Waals surface area contributed by atoms with Crippen LogP contribution in [0.2, 0.25) is 0 Å². The average Bonchev–Trinajstić information content (AvgIpc) is 2.93. The van der Waals surface area contributed by atoms with Gasteiger partial charge in [0.15, 0.2) is 11.5 Å². The SMILES string of the molecule is CN(C)C(=O)Oc1cccnc1C[N+](C)(C)CCCCCCCCCCC[N+](C)(C)Cc1ncccc1OC(=O)N(C)C.[Br-].[Br-]. The van der Waals surface area contributed by atoms with Crippen molar-refractivity contribution in [3.05, 3.63) is 48.0 Å². The van der Waals surface area contributed by atoms with Crippen molar-refractivity contribution in [1.29, 1.82) is 0 Å². The van der Waals surface area contributed by atoms with E-state index in [9.17, 15) is 9.59 Å². The second-order valence-electron chi connectivity index (χ2n) is 13.2. The summed E-state index contributed by atoms with van der Waals surface area (Å²) in [4.78, 5) is 35.9. The van der Waals surface area contributed by atoms with E-state index in [1.165, 1.54) is 67.6 Å². The van der Waals surface area contributed by atoms with Gasteiger partial charge in [-0.3, -0.25) is 9.97 Å². The Labute approximate surface area is 292 Å². The number of hydrogen-bond acceptors (Lipinski definition) is 6. The molecule has 0 atom stereocenters. The zero-order chi connectivity index (χ0) is 31.9. The van der Waals surface area contributed by atoms with Crippen molar-refractivity contribution in [2.45, 2.75) is 70.9 Å². The van der Waals surface area contributed by atoms with Crippen LogP contribution in [0.15, 0.2) is 36.7 Å². The molecule has 0 aliphatic carbocycles. The number of ether oxygens (including phenoxy) is 2. The number of hydrogen-bond donors (Lipinski definition) is 0. The van der Waals surface area contributed by atoms with Crippen molar-refractivity contribution in [1.82, 2.24) is 19.8 Å². The highest BCUT2D eigenvalue weighted by molar-refractivity contribution is 5.70. The first-order valence-electron chi connectivity index (χ1n) is 15.6. The molecule has 45 heavy (non-hydrogen) atoms. The molecule has 2 aromatic heterocycles. The predicted molar refractivity (Wildman–Crippen MR) is 171 cm³/mol. The van der Waals surface area contributed by atoms with Crippen LogP contribution in [0.5, 0.6) is 11.5 Å². The zero-order valence-corrected chi connectivity index (χ0v) is 31.9. The van der Waals surface area contributed by atoms with E-state index in [1.807, 2.05) is 12.1 Å². The Morgan fingerprint density at radius 3 is 1.22 bits per heavy atom. The van der Waals surface area contributed by atoms with Crippen LogP contribution in [0.25, 0.3) is 0 Å². The average molecular weight is 761 g/mol. The number of pyridine rings is 2. The minimum absolute atomic E-state index is 0. The summed E-state index contributed by atoms with van der Waals surface area (Å²) in [5.41, 5.74) is 1.63. The summed E-state index contributed by atoms with van der Waals surface area (Å²) < 4.78 is 12.6. The smallest absolute Gasteiger partial charge is 0.414 e. The van der Waals surface area contributed by atoms with Crippen LogP contribution >= 0.6 is 0 Å². The van der Waals surface area contributed by atoms with E-state index in [0.29, 0.717) is 11.5 Å². The molecule has 2 heterocycles. The van der Waals surface area contributed by atoms with Crippen molar-refractivity contribution in [2.75, 3.05) is 69.5 Å². The first-order valence-corrected chi connectivity index (χ1v) is 15.6. The largest absolute Gasteiger partial charge is 1.00 e. The number of unbranched alkanes of at least 4 members (excludes halogenated alkanes) is 8. The number of halogens is 2. The summed E-state index contributed by atoms with van der Waals surface area (Å²) in [7, 11) is 15.5. The Morgan fingerprint density at radius 1 is 0.600 bits per heavy atom. The molecule has 0 spiro atoms. The monoisotopic (exact) mass is 758 g/mol. The lowest BCUT2D eigenvalue weighted by atomic mass is 10.1. The fourth-order valence-corrected chi connectivity index (χ4v) is 4.93. The number of rotatable bonds is 18. The molecule has 12 heteroatoms. The first-order chi connectivity index (χ1) is 20.3. The van der Waals surface area contributed by atoms with Gasteiger partial charge in [-0.05, 0) is 49.9 Å². The van der Waals surface area contributed by atoms with Crippen LogP contribution in [-0.4, -0.2) is 110 Å². The summed E-state index contributed by atoms with van der Waals surface area (Å²) in [6.45, 7) is 3.56. The second kappa shape index (κ2) is 21.5. The molecule has 10 nitrogen and oxygen atoms in total. The van der Waals surface area contributed by atoms with E-state index < -0.39 is 0 Å². The Balaban J connectivity index is 0.00000968. The summed E-state index contributed by atoms with van der Waals surface area (Å²) >= 11 is 0. The van der Waals surface area contributed by atoms with Crippen molar-refractivity contribution in [2.24, 2.45) is 0 Å². The Bertz CT molecular complexity index is 1060. The highest BCUT2D eigenvalue weighted by Crippen LogP contribution is 2.22. The van der Waals surface area contributed by atoms with Gasteiger partial charge in [0.25, 0.3) is 0 Å². The number of quaternary nitrogens is 2. The molecular formula is C33H56Br2N6O4. The maximum atomic E-state index is 12.0. The van der Waals surface area contributed by atoms with Gasteiger partial charge in [-0.2, -0.15) is 0 Å². The summed E-state index contributed by atoms with van der Waals surface area (Å²) in [5, 5.41) is 0. The van der Waals surface area contributed by atoms with Gasteiger partial charge in [0.1, 0.15) is 24.5 Å². The summed E-state index contributed by atoms with van der Waals surface area (Å²) in [6.07, 6.45) is 14.0. The fourth-order valence-electron chi connectivity index (χ4n) is 4.93. The van der Waals surface area contributed by atoms with Crippen molar-refractivity contribution < 1.29 is 62.0 Å². The lowest BCUT2D eigenvalue weighted by Gasteiger charge is -2.30. The molecule has 0 radical (unpaired) electrons. The molecule has 2 rings (SSSR count). The lowest BCUT2D eigenvalue weighted by Crippen LogP contribution is -3.00. The minimum Gasteiger partial charge on any atom is -1.00 e. The minimum atomic E-state index is -0.386. The number of amides is 2. The molecule has 0 aliphatic heterocycles. The van der Waals surface area contributed by atoms with Crippen molar-refractivity contribution in [3.63, 3.8) is 0 Å². The molecule has 0 fully saturated rings. The molecule has 0 saturated carbocycles. The third kappa shape index (κ3) is 17.3. The first kappa shape index (κ1) is 42.7. The fraction of sp³-hybridized carbons (Fsp3) is 0.636. The molecule has 0 unspecified atom stereocenters. The van der Waals surface area contributed by atoms with Crippen LogP contribution in [0.3, 0.4) is 0 Å². The van der Waals surface area contributed by atoms with Crippen LogP contribution < -0.4 is 43.4 Å². The van der Waals surface area contributed by atoms with Gasteiger partial charge >= 0.3 is 12.2 Å². The lowest BCUT2D eigenvalue weighted by molar-refractivity contribution is -0.904. The van der Waals surface area contributed by atoms with Gasteiger partial charge in [0.2, 0.25) is 0 Å². The maximum absolute atomic E-state index is 12.0.